The summed E-state index contributed by atoms with van der Waals surface area (Å²) in [7, 11) is 0. The van der Waals surface area contributed by atoms with Crippen LogP contribution in [0, 0.1) is 0 Å². The number of aldehydes is 1. The molecular formula is C16H18N3O3-. The molecule has 2 heterocycles. The van der Waals surface area contributed by atoms with Gasteiger partial charge < -0.3 is 14.7 Å². The van der Waals surface area contributed by atoms with Crippen LogP contribution in [0.2, 0.25) is 0 Å². The molecule has 0 saturated carbocycles. The van der Waals surface area contributed by atoms with E-state index in [9.17, 15) is 9.90 Å². The quantitative estimate of drug-likeness (QED) is 0.792. The molecule has 1 fully saturated rings. The SMILES string of the molecule is CCc1ccc(-n2nc(N3CCOCC3)c(C=O)c2[O-])cc1. The van der Waals surface area contributed by atoms with Crippen molar-refractivity contribution < 1.29 is 14.6 Å². The number of benzene rings is 1. The van der Waals surface area contributed by atoms with Crippen molar-refractivity contribution in [2.45, 2.75) is 13.3 Å². The molecule has 0 N–H and O–H groups in total. The Hall–Kier alpha value is -2.34. The standard InChI is InChI=1S/C16H19N3O3/c1-2-12-3-5-13(6-4-12)19-16(21)14(11-20)15(17-19)18-7-9-22-10-8-18/h3-6,11,21H,2,7-10H2,1H3/p-1. The van der Waals surface area contributed by atoms with Crippen LogP contribution in [-0.4, -0.2) is 42.4 Å². The highest BCUT2D eigenvalue weighted by molar-refractivity contribution is 5.86. The first-order valence-electron chi connectivity index (χ1n) is 7.41. The molecule has 2 aromatic rings. The molecule has 3 rings (SSSR count). The summed E-state index contributed by atoms with van der Waals surface area (Å²) in [5.74, 6) is 0.0728. The average molecular weight is 300 g/mol. The first kappa shape index (κ1) is 14.6. The minimum atomic E-state index is -0.374. The Kier molecular flexibility index (Phi) is 4.11. The number of carbonyl (C=O) groups is 1. The smallest absolute Gasteiger partial charge is 0.161 e. The topological polar surface area (TPSA) is 70.4 Å². The molecule has 0 amide bonds. The maximum atomic E-state index is 12.4. The van der Waals surface area contributed by atoms with E-state index in [2.05, 4.69) is 12.0 Å². The van der Waals surface area contributed by atoms with E-state index in [1.807, 2.05) is 29.2 Å². The molecule has 0 atom stereocenters. The molecule has 116 valence electrons. The first-order valence-corrected chi connectivity index (χ1v) is 7.41. The van der Waals surface area contributed by atoms with E-state index >= 15 is 0 Å². The molecule has 1 aliphatic heterocycles. The third-order valence-corrected chi connectivity index (χ3v) is 3.88. The van der Waals surface area contributed by atoms with Crippen molar-refractivity contribution in [3.8, 4) is 11.6 Å². The van der Waals surface area contributed by atoms with E-state index < -0.39 is 0 Å². The maximum absolute atomic E-state index is 12.4. The minimum Gasteiger partial charge on any atom is -0.858 e. The van der Waals surface area contributed by atoms with Crippen LogP contribution in [0.5, 0.6) is 5.88 Å². The van der Waals surface area contributed by atoms with Gasteiger partial charge in [0.15, 0.2) is 12.1 Å². The number of carbonyl (C=O) groups excluding carboxylic acids is 1. The normalized spacial score (nSPS) is 15.0. The first-order chi connectivity index (χ1) is 10.7. The highest BCUT2D eigenvalue weighted by Gasteiger charge is 2.20. The molecule has 22 heavy (non-hydrogen) atoms. The summed E-state index contributed by atoms with van der Waals surface area (Å²) in [5.41, 5.74) is 1.97. The zero-order chi connectivity index (χ0) is 15.5. The maximum Gasteiger partial charge on any atom is 0.161 e. The highest BCUT2D eigenvalue weighted by atomic mass is 16.5. The van der Waals surface area contributed by atoms with Crippen LogP contribution in [-0.2, 0) is 11.2 Å². The molecule has 1 aromatic heterocycles. The largest absolute Gasteiger partial charge is 0.858 e. The molecule has 6 heteroatoms. The number of hydrogen-bond donors (Lipinski definition) is 0. The van der Waals surface area contributed by atoms with Crippen molar-refractivity contribution in [3.63, 3.8) is 0 Å². The number of nitrogens with zero attached hydrogens (tertiary/aromatic N) is 3. The Morgan fingerprint density at radius 3 is 2.55 bits per heavy atom. The van der Waals surface area contributed by atoms with Gasteiger partial charge in [-0.1, -0.05) is 19.1 Å². The molecular weight excluding hydrogens is 282 g/mol. The Bertz CT molecular complexity index is 658. The number of morpholine rings is 1. The van der Waals surface area contributed by atoms with E-state index in [1.54, 1.807) is 0 Å². The summed E-state index contributed by atoms with van der Waals surface area (Å²) < 4.78 is 6.60. The van der Waals surface area contributed by atoms with E-state index in [-0.39, 0.29) is 11.4 Å². The van der Waals surface area contributed by atoms with E-state index in [0.717, 1.165) is 6.42 Å². The summed E-state index contributed by atoms with van der Waals surface area (Å²) in [6, 6.07) is 7.63. The zero-order valence-corrected chi connectivity index (χ0v) is 12.5. The van der Waals surface area contributed by atoms with Crippen molar-refractivity contribution >= 4 is 12.1 Å². The van der Waals surface area contributed by atoms with Crippen LogP contribution >= 0.6 is 0 Å². The van der Waals surface area contributed by atoms with Crippen LogP contribution in [0.15, 0.2) is 24.3 Å². The van der Waals surface area contributed by atoms with Gasteiger partial charge in [0.1, 0.15) is 0 Å². The Morgan fingerprint density at radius 2 is 1.95 bits per heavy atom. The van der Waals surface area contributed by atoms with Crippen LogP contribution in [0.4, 0.5) is 5.82 Å². The predicted molar refractivity (Wildman–Crippen MR) is 80.8 cm³/mol. The molecule has 1 aromatic carbocycles. The lowest BCUT2D eigenvalue weighted by atomic mass is 10.1. The van der Waals surface area contributed by atoms with Gasteiger partial charge >= 0.3 is 0 Å². The van der Waals surface area contributed by atoms with Crippen molar-refractivity contribution in [2.24, 2.45) is 0 Å². The third kappa shape index (κ3) is 2.57. The molecule has 6 nitrogen and oxygen atoms in total. The van der Waals surface area contributed by atoms with Gasteiger partial charge in [-0.2, -0.15) is 5.10 Å². The number of ether oxygens (including phenoxy) is 1. The van der Waals surface area contributed by atoms with Gasteiger partial charge in [0.05, 0.1) is 24.5 Å². The fourth-order valence-corrected chi connectivity index (χ4v) is 2.56. The van der Waals surface area contributed by atoms with Gasteiger partial charge in [-0.25, -0.2) is 4.68 Å². The van der Waals surface area contributed by atoms with Crippen molar-refractivity contribution in [1.82, 2.24) is 9.78 Å². The van der Waals surface area contributed by atoms with E-state index in [4.69, 9.17) is 4.74 Å². The lowest BCUT2D eigenvalue weighted by Gasteiger charge is -2.27. The molecule has 0 spiro atoms. The Morgan fingerprint density at radius 1 is 1.27 bits per heavy atom. The van der Waals surface area contributed by atoms with Crippen LogP contribution < -0.4 is 10.0 Å². The minimum absolute atomic E-state index is 0.112. The monoisotopic (exact) mass is 300 g/mol. The lowest BCUT2D eigenvalue weighted by Crippen LogP contribution is -2.37. The molecule has 0 unspecified atom stereocenters. The van der Waals surface area contributed by atoms with E-state index in [0.29, 0.717) is 44.1 Å². The second kappa shape index (κ2) is 6.19. The summed E-state index contributed by atoms with van der Waals surface area (Å²) in [5, 5.41) is 16.8. The summed E-state index contributed by atoms with van der Waals surface area (Å²) >= 11 is 0. The van der Waals surface area contributed by atoms with Crippen LogP contribution in [0.25, 0.3) is 5.69 Å². The number of rotatable bonds is 4. The summed E-state index contributed by atoms with van der Waals surface area (Å²) in [4.78, 5) is 13.2. The fraction of sp³-hybridized carbons (Fsp3) is 0.375. The van der Waals surface area contributed by atoms with Gasteiger partial charge in [-0.05, 0) is 24.1 Å². The molecule has 1 aliphatic rings. The summed E-state index contributed by atoms with van der Waals surface area (Å²) in [6.07, 6.45) is 1.53. The Balaban J connectivity index is 2.00. The van der Waals surface area contributed by atoms with Gasteiger partial charge in [-0.3, -0.25) is 4.79 Å². The predicted octanol–water partition coefficient (Wildman–Crippen LogP) is 1.16. The second-order valence-corrected chi connectivity index (χ2v) is 5.19. The molecule has 0 bridgehead atoms. The zero-order valence-electron chi connectivity index (χ0n) is 12.5. The van der Waals surface area contributed by atoms with Crippen LogP contribution in [0.1, 0.15) is 22.8 Å². The van der Waals surface area contributed by atoms with Crippen LogP contribution in [0.3, 0.4) is 0 Å². The van der Waals surface area contributed by atoms with Gasteiger partial charge in [-0.15, -0.1) is 0 Å². The summed E-state index contributed by atoms with van der Waals surface area (Å²) in [6.45, 7) is 4.48. The van der Waals surface area contributed by atoms with Crippen molar-refractivity contribution in [2.75, 3.05) is 31.2 Å². The molecule has 1 saturated heterocycles. The second-order valence-electron chi connectivity index (χ2n) is 5.19. The molecule has 0 aliphatic carbocycles. The van der Waals surface area contributed by atoms with Gasteiger partial charge in [0, 0.05) is 19.0 Å². The number of aryl methyl sites for hydroxylation is 1. The van der Waals surface area contributed by atoms with Crippen molar-refractivity contribution in [1.29, 1.82) is 0 Å². The van der Waals surface area contributed by atoms with Gasteiger partial charge in [0.25, 0.3) is 0 Å². The fourth-order valence-electron chi connectivity index (χ4n) is 2.56. The lowest BCUT2D eigenvalue weighted by molar-refractivity contribution is -0.278. The van der Waals surface area contributed by atoms with Gasteiger partial charge in [0.2, 0.25) is 0 Å². The third-order valence-electron chi connectivity index (χ3n) is 3.88. The van der Waals surface area contributed by atoms with E-state index in [1.165, 1.54) is 10.2 Å². The number of hydrogen-bond acceptors (Lipinski definition) is 5. The number of anilines is 1. The Labute approximate surface area is 128 Å². The number of aromatic nitrogens is 2. The highest BCUT2D eigenvalue weighted by Crippen LogP contribution is 2.28. The average Bonchev–Trinajstić information content (AvgIpc) is 2.92. The molecule has 0 radical (unpaired) electrons. The van der Waals surface area contributed by atoms with Crippen molar-refractivity contribution in [3.05, 3.63) is 35.4 Å².